The Kier molecular flexibility index (Phi) is 5.18. The van der Waals surface area contributed by atoms with Crippen molar-refractivity contribution < 1.29 is 31.5 Å². The molecule has 6 nitrogen and oxygen atoms in total. The molecule has 1 aromatic carbocycles. The molecule has 0 spiro atoms. The molecule has 1 aliphatic rings. The molecule has 1 heterocycles. The zero-order chi connectivity index (χ0) is 19.0. The van der Waals surface area contributed by atoms with E-state index in [1.807, 2.05) is 0 Å². The summed E-state index contributed by atoms with van der Waals surface area (Å²) in [5.74, 6) is -0.224. The summed E-state index contributed by atoms with van der Waals surface area (Å²) in [7, 11) is -2.43. The fraction of sp³-hybridized carbons (Fsp3) is 0.533. The predicted molar refractivity (Wildman–Crippen MR) is 84.5 cm³/mol. The number of amides is 1. The molecule has 10 heteroatoms. The summed E-state index contributed by atoms with van der Waals surface area (Å²) in [6.07, 6.45) is -6.20. The molecule has 1 fully saturated rings. The van der Waals surface area contributed by atoms with Gasteiger partial charge in [0.15, 0.2) is 5.60 Å². The number of hydrogen-bond acceptors (Lipinski definition) is 4. The van der Waals surface area contributed by atoms with Gasteiger partial charge in [-0.05, 0) is 37.1 Å². The van der Waals surface area contributed by atoms with Crippen LogP contribution in [0.15, 0.2) is 29.2 Å². The lowest BCUT2D eigenvalue weighted by Gasteiger charge is -2.38. The van der Waals surface area contributed by atoms with Gasteiger partial charge in [0, 0.05) is 32.7 Å². The summed E-state index contributed by atoms with van der Waals surface area (Å²) in [5.41, 5.74) is -2.36. The molecule has 0 radical (unpaired) electrons. The van der Waals surface area contributed by atoms with Crippen LogP contribution in [-0.2, 0) is 14.8 Å². The average Bonchev–Trinajstić information content (AvgIpc) is 2.53. The Balaban J connectivity index is 2.16. The molecule has 1 aromatic rings. The molecule has 140 valence electrons. The number of piperidine rings is 1. The van der Waals surface area contributed by atoms with Crippen LogP contribution in [0.3, 0.4) is 0 Å². The standard InChI is InChI=1S/C15H19F3N2O4S/c1-11(21)19(2)12-3-5-13(6-4-12)25(23,24)20-9-7-14(22,8-10-20)15(16,17)18/h3-6,22H,7-10H2,1-2H3. The van der Waals surface area contributed by atoms with Crippen LogP contribution in [-0.4, -0.2) is 55.7 Å². The summed E-state index contributed by atoms with van der Waals surface area (Å²) in [6.45, 7) is 0.515. The van der Waals surface area contributed by atoms with E-state index in [1.54, 1.807) is 0 Å². The van der Waals surface area contributed by atoms with Crippen LogP contribution in [0.25, 0.3) is 0 Å². The van der Waals surface area contributed by atoms with Crippen molar-refractivity contribution in [3.8, 4) is 0 Å². The number of hydrogen-bond donors (Lipinski definition) is 1. The number of nitrogens with zero attached hydrogens (tertiary/aromatic N) is 2. The number of benzene rings is 1. The largest absolute Gasteiger partial charge is 0.417 e. The average molecular weight is 380 g/mol. The first-order chi connectivity index (χ1) is 11.4. The van der Waals surface area contributed by atoms with Crippen molar-refractivity contribution >= 4 is 21.6 Å². The maximum absolute atomic E-state index is 12.8. The molecular formula is C15H19F3N2O4S. The van der Waals surface area contributed by atoms with Crippen LogP contribution in [0.5, 0.6) is 0 Å². The van der Waals surface area contributed by atoms with Gasteiger partial charge in [0.2, 0.25) is 15.9 Å². The van der Waals surface area contributed by atoms with Crippen molar-refractivity contribution in [3.63, 3.8) is 0 Å². The Morgan fingerprint density at radius 2 is 1.68 bits per heavy atom. The smallest absolute Gasteiger partial charge is 0.380 e. The van der Waals surface area contributed by atoms with Crippen LogP contribution in [0.1, 0.15) is 19.8 Å². The summed E-state index contributed by atoms with van der Waals surface area (Å²) < 4.78 is 64.4. The lowest BCUT2D eigenvalue weighted by Crippen LogP contribution is -2.54. The highest BCUT2D eigenvalue weighted by atomic mass is 32.2. The molecule has 0 bridgehead atoms. The molecule has 2 rings (SSSR count). The SMILES string of the molecule is CC(=O)N(C)c1ccc(S(=O)(=O)N2CCC(O)(C(F)(F)F)CC2)cc1. The molecule has 1 amide bonds. The summed E-state index contributed by atoms with van der Waals surface area (Å²) >= 11 is 0. The van der Waals surface area contributed by atoms with Crippen molar-refractivity contribution in [1.29, 1.82) is 0 Å². The predicted octanol–water partition coefficient (Wildman–Crippen LogP) is 1.75. The van der Waals surface area contributed by atoms with Crippen molar-refractivity contribution in [2.24, 2.45) is 0 Å². The molecule has 0 aromatic heterocycles. The number of carbonyl (C=O) groups excluding carboxylic acids is 1. The zero-order valence-electron chi connectivity index (χ0n) is 13.7. The van der Waals surface area contributed by atoms with Crippen LogP contribution in [0.4, 0.5) is 18.9 Å². The zero-order valence-corrected chi connectivity index (χ0v) is 14.6. The second-order valence-electron chi connectivity index (χ2n) is 6.01. The van der Waals surface area contributed by atoms with E-state index in [4.69, 9.17) is 0 Å². The van der Waals surface area contributed by atoms with Crippen LogP contribution < -0.4 is 4.90 Å². The number of aliphatic hydroxyl groups is 1. The number of anilines is 1. The van der Waals surface area contributed by atoms with E-state index in [0.29, 0.717) is 5.69 Å². The Morgan fingerprint density at radius 1 is 1.20 bits per heavy atom. The fourth-order valence-electron chi connectivity index (χ4n) is 2.55. The van der Waals surface area contributed by atoms with Gasteiger partial charge in [0.1, 0.15) is 0 Å². The maximum Gasteiger partial charge on any atom is 0.417 e. The van der Waals surface area contributed by atoms with E-state index in [-0.39, 0.29) is 10.8 Å². The monoisotopic (exact) mass is 380 g/mol. The molecule has 0 unspecified atom stereocenters. The van der Waals surface area contributed by atoms with Gasteiger partial charge in [-0.3, -0.25) is 4.79 Å². The maximum atomic E-state index is 12.8. The van der Waals surface area contributed by atoms with Gasteiger partial charge in [-0.2, -0.15) is 17.5 Å². The van der Waals surface area contributed by atoms with E-state index in [2.05, 4.69) is 0 Å². The van der Waals surface area contributed by atoms with Gasteiger partial charge >= 0.3 is 6.18 Å². The molecular weight excluding hydrogens is 361 g/mol. The second-order valence-corrected chi connectivity index (χ2v) is 7.94. The third kappa shape index (κ3) is 3.80. The number of halogens is 3. The van der Waals surface area contributed by atoms with E-state index in [1.165, 1.54) is 43.1 Å². The Bertz CT molecular complexity index is 739. The third-order valence-corrected chi connectivity index (χ3v) is 6.32. The van der Waals surface area contributed by atoms with Gasteiger partial charge in [-0.15, -0.1) is 0 Å². The van der Waals surface area contributed by atoms with Crippen LogP contribution >= 0.6 is 0 Å². The quantitative estimate of drug-likeness (QED) is 0.867. The number of carbonyl (C=O) groups is 1. The fourth-order valence-corrected chi connectivity index (χ4v) is 3.99. The summed E-state index contributed by atoms with van der Waals surface area (Å²) in [5, 5.41) is 9.63. The van der Waals surface area contributed by atoms with E-state index >= 15 is 0 Å². The van der Waals surface area contributed by atoms with Crippen molar-refractivity contribution in [2.45, 2.75) is 36.4 Å². The van der Waals surface area contributed by atoms with Gasteiger partial charge < -0.3 is 10.0 Å². The second kappa shape index (κ2) is 6.58. The molecule has 0 atom stereocenters. The minimum atomic E-state index is -4.79. The minimum absolute atomic E-state index is 0.0781. The van der Waals surface area contributed by atoms with Gasteiger partial charge in [0.25, 0.3) is 0 Å². The number of sulfonamides is 1. The molecule has 0 aliphatic carbocycles. The number of alkyl halides is 3. The third-order valence-electron chi connectivity index (χ3n) is 4.41. The van der Waals surface area contributed by atoms with Gasteiger partial charge in [0.05, 0.1) is 4.90 Å². The Hall–Kier alpha value is -1.65. The molecule has 1 saturated heterocycles. The Labute approximate surface area is 143 Å². The van der Waals surface area contributed by atoms with Crippen LogP contribution in [0, 0.1) is 0 Å². The Morgan fingerprint density at radius 3 is 2.08 bits per heavy atom. The van der Waals surface area contributed by atoms with Gasteiger partial charge in [-0.1, -0.05) is 0 Å². The van der Waals surface area contributed by atoms with Crippen LogP contribution in [0.2, 0.25) is 0 Å². The molecule has 1 N–H and O–H groups in total. The molecule has 25 heavy (non-hydrogen) atoms. The minimum Gasteiger partial charge on any atom is -0.380 e. The lowest BCUT2D eigenvalue weighted by molar-refractivity contribution is -0.270. The summed E-state index contributed by atoms with van der Waals surface area (Å²) in [4.78, 5) is 12.6. The topological polar surface area (TPSA) is 77.9 Å². The van der Waals surface area contributed by atoms with Crippen molar-refractivity contribution in [1.82, 2.24) is 4.31 Å². The summed E-state index contributed by atoms with van der Waals surface area (Å²) in [6, 6.07) is 5.50. The lowest BCUT2D eigenvalue weighted by atomic mass is 9.92. The van der Waals surface area contributed by atoms with E-state index < -0.39 is 47.7 Å². The van der Waals surface area contributed by atoms with E-state index in [0.717, 1.165) is 4.31 Å². The molecule has 1 aliphatic heterocycles. The first kappa shape index (κ1) is 19.7. The highest BCUT2D eigenvalue weighted by Gasteiger charge is 2.55. The van der Waals surface area contributed by atoms with E-state index in [9.17, 15) is 31.5 Å². The first-order valence-electron chi connectivity index (χ1n) is 7.52. The highest BCUT2D eigenvalue weighted by Crippen LogP contribution is 2.39. The highest BCUT2D eigenvalue weighted by molar-refractivity contribution is 7.89. The van der Waals surface area contributed by atoms with Crippen molar-refractivity contribution in [3.05, 3.63) is 24.3 Å². The molecule has 0 saturated carbocycles. The first-order valence-corrected chi connectivity index (χ1v) is 8.96. The van der Waals surface area contributed by atoms with Crippen molar-refractivity contribution in [2.75, 3.05) is 25.0 Å². The normalized spacial score (nSPS) is 18.8. The number of rotatable bonds is 3. The van der Waals surface area contributed by atoms with Gasteiger partial charge in [-0.25, -0.2) is 8.42 Å².